The molecule has 0 saturated heterocycles. The van der Waals surface area contributed by atoms with Gasteiger partial charge in [-0.1, -0.05) is 121 Å². The van der Waals surface area contributed by atoms with Crippen LogP contribution in [0.5, 0.6) is 0 Å². The molecule has 0 fully saturated rings. The summed E-state index contributed by atoms with van der Waals surface area (Å²) in [5, 5.41) is 6.08. The second-order valence-corrected chi connectivity index (χ2v) is 8.75. The molecule has 1 N–H and O–H groups in total. The summed E-state index contributed by atoms with van der Waals surface area (Å²) in [5.41, 5.74) is 9.54. The van der Waals surface area contributed by atoms with Gasteiger partial charge < -0.3 is 5.32 Å². The van der Waals surface area contributed by atoms with Crippen molar-refractivity contribution in [2.75, 3.05) is 5.32 Å². The molecule has 0 aromatic heterocycles. The van der Waals surface area contributed by atoms with Gasteiger partial charge in [0.25, 0.3) is 0 Å². The second-order valence-electron chi connectivity index (χ2n) is 8.75. The third kappa shape index (κ3) is 4.45. The molecule has 0 aliphatic rings. The van der Waals surface area contributed by atoms with Gasteiger partial charge in [0.2, 0.25) is 0 Å². The lowest BCUT2D eigenvalue weighted by Gasteiger charge is -2.11. The molecule has 0 aliphatic carbocycles. The maximum atomic E-state index is 3.53. The third-order valence-electron chi connectivity index (χ3n) is 6.48. The second kappa shape index (κ2) is 9.32. The molecule has 166 valence electrons. The predicted octanol–water partition coefficient (Wildman–Crippen LogP) is 9.58. The first-order valence-corrected chi connectivity index (χ1v) is 11.9. The molecular weight excluding hydrogens is 422 g/mol. The summed E-state index contributed by atoms with van der Waals surface area (Å²) in [5.74, 6) is 0. The van der Waals surface area contributed by atoms with Crippen LogP contribution in [0.2, 0.25) is 0 Å². The van der Waals surface area contributed by atoms with Crippen molar-refractivity contribution in [2.45, 2.75) is 0 Å². The number of benzene rings is 6. The predicted molar refractivity (Wildman–Crippen MR) is 150 cm³/mol. The average molecular weight is 448 g/mol. The van der Waals surface area contributed by atoms with E-state index in [0.29, 0.717) is 0 Å². The van der Waals surface area contributed by atoms with E-state index in [1.807, 2.05) is 6.07 Å². The Bertz CT molecular complexity index is 1560. The van der Waals surface area contributed by atoms with Crippen LogP contribution in [0.15, 0.2) is 146 Å². The molecule has 0 radical (unpaired) electrons. The lowest BCUT2D eigenvalue weighted by molar-refractivity contribution is 1.53. The molecule has 0 bridgehead atoms. The number of nitrogens with one attached hydrogen (secondary N) is 1. The van der Waals surface area contributed by atoms with Gasteiger partial charge in [-0.25, -0.2) is 0 Å². The molecule has 0 atom stereocenters. The van der Waals surface area contributed by atoms with Crippen LogP contribution in [-0.4, -0.2) is 0 Å². The third-order valence-corrected chi connectivity index (χ3v) is 6.48. The van der Waals surface area contributed by atoms with Gasteiger partial charge in [-0.3, -0.25) is 0 Å². The van der Waals surface area contributed by atoms with E-state index in [2.05, 4.69) is 145 Å². The van der Waals surface area contributed by atoms with Crippen LogP contribution in [0.3, 0.4) is 0 Å². The van der Waals surface area contributed by atoms with Crippen molar-refractivity contribution in [1.82, 2.24) is 0 Å². The average Bonchev–Trinajstić information content (AvgIpc) is 2.94. The van der Waals surface area contributed by atoms with Crippen LogP contribution >= 0.6 is 0 Å². The zero-order chi connectivity index (χ0) is 23.5. The molecule has 0 aliphatic heterocycles. The van der Waals surface area contributed by atoms with E-state index in [0.717, 1.165) is 11.4 Å². The topological polar surface area (TPSA) is 12.0 Å². The molecule has 35 heavy (non-hydrogen) atoms. The molecule has 6 aromatic rings. The molecule has 6 aromatic carbocycles. The number of fused-ring (bicyclic) bond motifs is 1. The number of rotatable bonds is 5. The molecule has 0 unspecified atom stereocenters. The van der Waals surface area contributed by atoms with Gasteiger partial charge in [-0.2, -0.15) is 0 Å². The summed E-state index contributed by atoms with van der Waals surface area (Å²) < 4.78 is 0. The van der Waals surface area contributed by atoms with Crippen molar-refractivity contribution in [3.05, 3.63) is 146 Å². The molecular formula is C34H25N. The zero-order valence-corrected chi connectivity index (χ0v) is 19.4. The van der Waals surface area contributed by atoms with Gasteiger partial charge in [0.15, 0.2) is 0 Å². The van der Waals surface area contributed by atoms with Crippen LogP contribution in [0, 0.1) is 0 Å². The molecule has 1 heteroatoms. The highest BCUT2D eigenvalue weighted by Crippen LogP contribution is 2.31. The molecule has 0 amide bonds. The fraction of sp³-hybridized carbons (Fsp3) is 0. The highest BCUT2D eigenvalue weighted by atomic mass is 14.9. The first kappa shape index (κ1) is 20.9. The van der Waals surface area contributed by atoms with Gasteiger partial charge in [0, 0.05) is 11.4 Å². The summed E-state index contributed by atoms with van der Waals surface area (Å²) in [6.07, 6.45) is 0. The Morgan fingerprint density at radius 3 is 1.40 bits per heavy atom. The smallest absolute Gasteiger partial charge is 0.0384 e. The largest absolute Gasteiger partial charge is 0.356 e. The monoisotopic (exact) mass is 447 g/mol. The maximum Gasteiger partial charge on any atom is 0.0384 e. The SMILES string of the molecule is c1ccc(-c2ccc(-c3ccc(Nc4ccc(-c5cccc6ccccc56)cc4)cc3)cc2)cc1. The van der Waals surface area contributed by atoms with E-state index in [1.165, 1.54) is 44.2 Å². The molecule has 6 rings (SSSR count). The van der Waals surface area contributed by atoms with Crippen LogP contribution in [0.25, 0.3) is 44.2 Å². The fourth-order valence-electron chi connectivity index (χ4n) is 4.61. The van der Waals surface area contributed by atoms with E-state index in [-0.39, 0.29) is 0 Å². The minimum Gasteiger partial charge on any atom is -0.356 e. The molecule has 0 heterocycles. The van der Waals surface area contributed by atoms with E-state index in [1.54, 1.807) is 0 Å². The van der Waals surface area contributed by atoms with Gasteiger partial charge >= 0.3 is 0 Å². The Kier molecular flexibility index (Phi) is 5.58. The first-order valence-electron chi connectivity index (χ1n) is 11.9. The highest BCUT2D eigenvalue weighted by Gasteiger charge is 2.05. The Hall–Kier alpha value is -4.62. The highest BCUT2D eigenvalue weighted by molar-refractivity contribution is 5.96. The van der Waals surface area contributed by atoms with E-state index < -0.39 is 0 Å². The van der Waals surface area contributed by atoms with Crippen LogP contribution < -0.4 is 5.32 Å². The number of anilines is 2. The van der Waals surface area contributed by atoms with E-state index in [4.69, 9.17) is 0 Å². The van der Waals surface area contributed by atoms with Gasteiger partial charge in [-0.05, 0) is 68.4 Å². The van der Waals surface area contributed by atoms with Gasteiger partial charge in [-0.15, -0.1) is 0 Å². The maximum absolute atomic E-state index is 3.53. The molecule has 1 nitrogen and oxygen atoms in total. The molecule has 0 saturated carbocycles. The normalized spacial score (nSPS) is 10.9. The van der Waals surface area contributed by atoms with Crippen molar-refractivity contribution in [2.24, 2.45) is 0 Å². The van der Waals surface area contributed by atoms with Crippen molar-refractivity contribution < 1.29 is 0 Å². The Morgan fingerprint density at radius 1 is 0.314 bits per heavy atom. The number of hydrogen-bond donors (Lipinski definition) is 1. The summed E-state index contributed by atoms with van der Waals surface area (Å²) in [6.45, 7) is 0. The Morgan fingerprint density at radius 2 is 0.771 bits per heavy atom. The standard InChI is InChI=1S/C34H25N/c1-2-7-25(8-3-1)26-13-15-27(16-14-26)28-17-21-31(22-18-28)35-32-23-19-30(20-24-32)34-12-6-10-29-9-4-5-11-33(29)34/h1-24,35H. The van der Waals surface area contributed by atoms with Crippen LogP contribution in [0.4, 0.5) is 11.4 Å². The zero-order valence-electron chi connectivity index (χ0n) is 19.4. The lowest BCUT2D eigenvalue weighted by atomic mass is 9.98. The summed E-state index contributed by atoms with van der Waals surface area (Å²) in [4.78, 5) is 0. The van der Waals surface area contributed by atoms with Gasteiger partial charge in [0.1, 0.15) is 0 Å². The quantitative estimate of drug-likeness (QED) is 0.277. The number of hydrogen-bond acceptors (Lipinski definition) is 1. The van der Waals surface area contributed by atoms with Crippen molar-refractivity contribution in [3.63, 3.8) is 0 Å². The fourth-order valence-corrected chi connectivity index (χ4v) is 4.61. The van der Waals surface area contributed by atoms with E-state index in [9.17, 15) is 0 Å². The summed E-state index contributed by atoms with van der Waals surface area (Å²) >= 11 is 0. The Labute approximate surface area is 206 Å². The first-order chi connectivity index (χ1) is 17.3. The van der Waals surface area contributed by atoms with E-state index >= 15 is 0 Å². The molecule has 0 spiro atoms. The minimum atomic E-state index is 1.08. The van der Waals surface area contributed by atoms with Crippen molar-refractivity contribution in [1.29, 1.82) is 0 Å². The van der Waals surface area contributed by atoms with Crippen LogP contribution in [-0.2, 0) is 0 Å². The van der Waals surface area contributed by atoms with Crippen molar-refractivity contribution in [3.8, 4) is 33.4 Å². The minimum absolute atomic E-state index is 1.08. The van der Waals surface area contributed by atoms with Crippen LogP contribution in [0.1, 0.15) is 0 Å². The van der Waals surface area contributed by atoms with Crippen molar-refractivity contribution >= 4 is 22.1 Å². The van der Waals surface area contributed by atoms with Gasteiger partial charge in [0.05, 0.1) is 0 Å². The lowest BCUT2D eigenvalue weighted by Crippen LogP contribution is -1.90. The summed E-state index contributed by atoms with van der Waals surface area (Å²) in [7, 11) is 0. The Balaban J connectivity index is 1.17. The summed E-state index contributed by atoms with van der Waals surface area (Å²) in [6, 6.07) is 51.5.